The monoisotopic (exact) mass is 420 g/mol. The van der Waals surface area contributed by atoms with Crippen LogP contribution in [0.1, 0.15) is 39.7 Å². The summed E-state index contributed by atoms with van der Waals surface area (Å²) in [6.45, 7) is 10.6. The molecule has 0 aliphatic carbocycles. The van der Waals surface area contributed by atoms with Gasteiger partial charge in [-0.1, -0.05) is 0 Å². The van der Waals surface area contributed by atoms with Gasteiger partial charge in [-0.2, -0.15) is 0 Å². The molecule has 1 amide bonds. The molecule has 0 saturated carbocycles. The smallest absolute Gasteiger partial charge is 0.407 e. The molecule has 0 radical (unpaired) electrons. The lowest BCUT2D eigenvalue weighted by molar-refractivity contribution is 0.0507. The van der Waals surface area contributed by atoms with Crippen LogP contribution in [0.3, 0.4) is 0 Å². The van der Waals surface area contributed by atoms with E-state index in [0.717, 1.165) is 49.0 Å². The fourth-order valence-electron chi connectivity index (χ4n) is 3.33. The molecule has 0 aromatic heterocycles. The Hall–Kier alpha value is -2.64. The predicted octanol–water partition coefficient (Wildman–Crippen LogP) is 2.81. The first kappa shape index (κ1) is 23.6. The zero-order valence-electron chi connectivity index (χ0n) is 19.1. The molecule has 2 N–H and O–H groups in total. The van der Waals surface area contributed by atoms with E-state index in [1.54, 1.807) is 14.2 Å². The molecule has 8 nitrogen and oxygen atoms in total. The minimum Gasteiger partial charge on any atom is -0.497 e. The van der Waals surface area contributed by atoms with Gasteiger partial charge in [-0.15, -0.1) is 0 Å². The number of amides is 1. The van der Waals surface area contributed by atoms with Gasteiger partial charge in [0, 0.05) is 26.2 Å². The van der Waals surface area contributed by atoms with Gasteiger partial charge in [0.2, 0.25) is 0 Å². The van der Waals surface area contributed by atoms with Gasteiger partial charge >= 0.3 is 6.09 Å². The standard InChI is InChI=1S/C22H36N4O4/c1-7-23-20(24-12-10-16-14-18(28-5)8-9-19(16)29-6)26-13-11-17(15-26)25-21(27)30-22(2,3)4/h8-9,14,17H,7,10-13,15H2,1-6H3,(H,23,24)(H,25,27). The maximum atomic E-state index is 12.0. The van der Waals surface area contributed by atoms with Crippen molar-refractivity contribution in [2.45, 2.75) is 52.2 Å². The Morgan fingerprint density at radius 2 is 2.03 bits per heavy atom. The van der Waals surface area contributed by atoms with Crippen LogP contribution in [0, 0.1) is 0 Å². The highest BCUT2D eigenvalue weighted by atomic mass is 16.6. The van der Waals surface area contributed by atoms with Crippen molar-refractivity contribution in [2.24, 2.45) is 4.99 Å². The molecular weight excluding hydrogens is 384 g/mol. The predicted molar refractivity (Wildman–Crippen MR) is 119 cm³/mol. The zero-order valence-corrected chi connectivity index (χ0v) is 19.1. The fraction of sp³-hybridized carbons (Fsp3) is 0.636. The van der Waals surface area contributed by atoms with Crippen molar-refractivity contribution >= 4 is 12.1 Å². The van der Waals surface area contributed by atoms with Crippen molar-refractivity contribution < 1.29 is 19.0 Å². The molecule has 0 spiro atoms. The van der Waals surface area contributed by atoms with Crippen LogP contribution in [0.25, 0.3) is 0 Å². The number of methoxy groups -OCH3 is 2. The highest BCUT2D eigenvalue weighted by Gasteiger charge is 2.27. The molecule has 0 bridgehead atoms. The van der Waals surface area contributed by atoms with E-state index in [2.05, 4.69) is 15.5 Å². The summed E-state index contributed by atoms with van der Waals surface area (Å²) in [5.41, 5.74) is 0.558. The lowest BCUT2D eigenvalue weighted by Gasteiger charge is -2.23. The van der Waals surface area contributed by atoms with Crippen LogP contribution in [0.15, 0.2) is 23.2 Å². The lowest BCUT2D eigenvalue weighted by atomic mass is 10.1. The number of carbonyl (C=O) groups is 1. The van der Waals surface area contributed by atoms with Crippen LogP contribution in [0.5, 0.6) is 11.5 Å². The molecule has 1 heterocycles. The van der Waals surface area contributed by atoms with E-state index in [-0.39, 0.29) is 12.1 Å². The average Bonchev–Trinajstić information content (AvgIpc) is 3.13. The number of ether oxygens (including phenoxy) is 3. The molecule has 2 rings (SSSR count). The quantitative estimate of drug-likeness (QED) is 0.521. The topological polar surface area (TPSA) is 84.4 Å². The molecule has 1 fully saturated rings. The molecule has 1 aliphatic rings. The molecule has 1 aromatic rings. The van der Waals surface area contributed by atoms with Crippen LogP contribution in [-0.2, 0) is 11.2 Å². The Kier molecular flexibility index (Phi) is 8.62. The summed E-state index contributed by atoms with van der Waals surface area (Å²) >= 11 is 0. The Bertz CT molecular complexity index is 730. The van der Waals surface area contributed by atoms with Crippen molar-refractivity contribution in [3.05, 3.63) is 23.8 Å². The Labute approximate surface area is 180 Å². The number of hydrogen-bond acceptors (Lipinski definition) is 5. The third kappa shape index (κ3) is 7.31. The number of likely N-dealkylation sites (tertiary alicyclic amines) is 1. The summed E-state index contributed by atoms with van der Waals surface area (Å²) in [6, 6.07) is 5.83. The van der Waals surface area contributed by atoms with Gasteiger partial charge in [0.1, 0.15) is 17.1 Å². The van der Waals surface area contributed by atoms with Gasteiger partial charge < -0.3 is 29.7 Å². The number of carbonyl (C=O) groups excluding carboxylic acids is 1. The molecule has 30 heavy (non-hydrogen) atoms. The van der Waals surface area contributed by atoms with E-state index >= 15 is 0 Å². The van der Waals surface area contributed by atoms with Crippen molar-refractivity contribution in [3.63, 3.8) is 0 Å². The number of aliphatic imine (C=N–C) groups is 1. The zero-order chi connectivity index (χ0) is 22.1. The van der Waals surface area contributed by atoms with E-state index in [0.29, 0.717) is 13.1 Å². The molecule has 1 aromatic carbocycles. The molecule has 1 atom stereocenters. The number of nitrogens with zero attached hydrogens (tertiary/aromatic N) is 2. The highest BCUT2D eigenvalue weighted by molar-refractivity contribution is 5.80. The van der Waals surface area contributed by atoms with Gasteiger partial charge in [-0.05, 0) is 64.3 Å². The second kappa shape index (κ2) is 10.9. The second-order valence-corrected chi connectivity index (χ2v) is 8.24. The van der Waals surface area contributed by atoms with Crippen LogP contribution in [-0.4, -0.2) is 69.0 Å². The first-order chi connectivity index (χ1) is 14.3. The molecule has 168 valence electrons. The third-order valence-corrected chi connectivity index (χ3v) is 4.67. The Morgan fingerprint density at radius 1 is 1.27 bits per heavy atom. The van der Waals surface area contributed by atoms with Crippen LogP contribution >= 0.6 is 0 Å². The van der Waals surface area contributed by atoms with E-state index in [1.165, 1.54) is 0 Å². The number of benzene rings is 1. The molecule has 1 unspecified atom stereocenters. The normalized spacial score (nSPS) is 16.9. The average molecular weight is 421 g/mol. The third-order valence-electron chi connectivity index (χ3n) is 4.67. The first-order valence-electron chi connectivity index (χ1n) is 10.5. The van der Waals surface area contributed by atoms with E-state index in [9.17, 15) is 4.79 Å². The number of nitrogens with one attached hydrogen (secondary N) is 2. The highest BCUT2D eigenvalue weighted by Crippen LogP contribution is 2.24. The van der Waals surface area contributed by atoms with Crippen LogP contribution < -0.4 is 20.1 Å². The molecule has 1 saturated heterocycles. The molecule has 1 aliphatic heterocycles. The van der Waals surface area contributed by atoms with Gasteiger partial charge in [0.05, 0.1) is 20.3 Å². The summed E-state index contributed by atoms with van der Waals surface area (Å²) in [6.07, 6.45) is 1.22. The maximum Gasteiger partial charge on any atom is 0.407 e. The summed E-state index contributed by atoms with van der Waals surface area (Å²) in [7, 11) is 3.32. The Balaban J connectivity index is 1.96. The summed E-state index contributed by atoms with van der Waals surface area (Å²) < 4.78 is 16.1. The summed E-state index contributed by atoms with van der Waals surface area (Å²) in [5, 5.41) is 6.31. The van der Waals surface area contributed by atoms with Crippen molar-refractivity contribution in [2.75, 3.05) is 40.4 Å². The van der Waals surface area contributed by atoms with E-state index < -0.39 is 5.60 Å². The van der Waals surface area contributed by atoms with E-state index in [1.807, 2.05) is 45.9 Å². The van der Waals surface area contributed by atoms with Crippen molar-refractivity contribution in [1.29, 1.82) is 0 Å². The van der Waals surface area contributed by atoms with Gasteiger partial charge in [-0.3, -0.25) is 4.99 Å². The van der Waals surface area contributed by atoms with Crippen molar-refractivity contribution in [3.8, 4) is 11.5 Å². The van der Waals surface area contributed by atoms with Gasteiger partial charge in [0.15, 0.2) is 5.96 Å². The number of hydrogen-bond donors (Lipinski definition) is 2. The summed E-state index contributed by atoms with van der Waals surface area (Å²) in [5.74, 6) is 2.49. The lowest BCUT2D eigenvalue weighted by Crippen LogP contribution is -2.44. The maximum absolute atomic E-state index is 12.0. The fourth-order valence-corrected chi connectivity index (χ4v) is 3.33. The largest absolute Gasteiger partial charge is 0.497 e. The van der Waals surface area contributed by atoms with Crippen molar-refractivity contribution in [1.82, 2.24) is 15.5 Å². The summed E-state index contributed by atoms with van der Waals surface area (Å²) in [4.78, 5) is 19.0. The van der Waals surface area contributed by atoms with Gasteiger partial charge in [-0.25, -0.2) is 4.79 Å². The van der Waals surface area contributed by atoms with Crippen LogP contribution in [0.4, 0.5) is 4.79 Å². The van der Waals surface area contributed by atoms with Crippen LogP contribution in [0.2, 0.25) is 0 Å². The Morgan fingerprint density at radius 3 is 2.67 bits per heavy atom. The minimum atomic E-state index is -0.500. The number of rotatable bonds is 7. The molecular formula is C22H36N4O4. The minimum absolute atomic E-state index is 0.0437. The molecule has 8 heteroatoms. The van der Waals surface area contributed by atoms with E-state index in [4.69, 9.17) is 19.2 Å². The second-order valence-electron chi connectivity index (χ2n) is 8.24. The SMILES string of the molecule is CCNC(=NCCc1cc(OC)ccc1OC)N1CCC(NC(=O)OC(C)(C)C)C1. The van der Waals surface area contributed by atoms with Gasteiger partial charge in [0.25, 0.3) is 0 Å². The number of alkyl carbamates (subject to hydrolysis) is 1. The first-order valence-corrected chi connectivity index (χ1v) is 10.5. The number of guanidine groups is 1.